The van der Waals surface area contributed by atoms with E-state index in [0.717, 1.165) is 52.0 Å². The molecule has 0 unspecified atom stereocenters. The molecule has 9 nitrogen and oxygen atoms in total. The fourth-order valence-corrected chi connectivity index (χ4v) is 4.72. The van der Waals surface area contributed by atoms with E-state index >= 15 is 0 Å². The molecule has 1 aliphatic heterocycles. The number of ether oxygens (including phenoxy) is 2. The molecule has 4 rings (SSSR count). The summed E-state index contributed by atoms with van der Waals surface area (Å²) in [6.45, 7) is 3.07. The Bertz CT molecular complexity index is 1010. The number of amides is 1. The summed E-state index contributed by atoms with van der Waals surface area (Å²) in [5, 5.41) is 3.40. The summed E-state index contributed by atoms with van der Waals surface area (Å²) in [4.78, 5) is 43.7. The van der Waals surface area contributed by atoms with Gasteiger partial charge in [-0.3, -0.25) is 23.9 Å². The average Bonchev–Trinajstić information content (AvgIpc) is 2.84. The van der Waals surface area contributed by atoms with Gasteiger partial charge in [0.05, 0.1) is 30.4 Å². The van der Waals surface area contributed by atoms with E-state index in [9.17, 15) is 14.4 Å². The first-order chi connectivity index (χ1) is 15.6. The highest BCUT2D eigenvalue weighted by molar-refractivity contribution is 5.81. The largest absolute Gasteiger partial charge is 0.454 e. The van der Waals surface area contributed by atoms with E-state index in [1.807, 2.05) is 0 Å². The molecule has 1 N–H and O–H groups in total. The molecule has 0 spiro atoms. The summed E-state index contributed by atoms with van der Waals surface area (Å²) in [5.74, 6) is -0.986. The lowest BCUT2D eigenvalue weighted by molar-refractivity contribution is -0.149. The summed E-state index contributed by atoms with van der Waals surface area (Å²) in [6, 6.07) is 6.94. The Balaban J connectivity index is 1.29. The van der Waals surface area contributed by atoms with Crippen molar-refractivity contribution in [3.05, 3.63) is 40.9 Å². The molecule has 172 valence electrons. The van der Waals surface area contributed by atoms with E-state index in [-0.39, 0.29) is 30.2 Å². The highest BCUT2D eigenvalue weighted by atomic mass is 16.5. The standard InChI is InChI=1S/C23H30N4O5/c28-20(24-16-23(8-4-1-5-9-23)27-10-12-31-13-11-27)15-32-21(29)14-26-17-25-19-7-3-2-6-18(19)22(26)30/h2-3,6-7,17H,1,4-5,8-16H2,(H,24,28). The second-order valence-corrected chi connectivity index (χ2v) is 8.52. The van der Waals surface area contributed by atoms with Crippen LogP contribution in [0.1, 0.15) is 32.1 Å². The molecule has 9 heteroatoms. The lowest BCUT2D eigenvalue weighted by Gasteiger charge is -2.48. The van der Waals surface area contributed by atoms with Gasteiger partial charge in [-0.2, -0.15) is 0 Å². The first-order valence-corrected chi connectivity index (χ1v) is 11.3. The molecule has 1 amide bonds. The Morgan fingerprint density at radius 2 is 1.88 bits per heavy atom. The molecule has 2 heterocycles. The molecule has 0 atom stereocenters. The van der Waals surface area contributed by atoms with E-state index in [4.69, 9.17) is 9.47 Å². The van der Waals surface area contributed by atoms with Gasteiger partial charge in [0.1, 0.15) is 6.54 Å². The minimum Gasteiger partial charge on any atom is -0.454 e. The number of carbonyl (C=O) groups is 2. The summed E-state index contributed by atoms with van der Waals surface area (Å²) >= 11 is 0. The summed E-state index contributed by atoms with van der Waals surface area (Å²) in [7, 11) is 0. The minimum atomic E-state index is -0.653. The number of nitrogens with zero attached hydrogens (tertiary/aromatic N) is 3. The SMILES string of the molecule is O=C(COC(=O)Cn1cnc2ccccc2c1=O)NCC1(N2CCOCC2)CCCCC1. The third-order valence-electron chi connectivity index (χ3n) is 6.48. The molecule has 1 aromatic heterocycles. The number of hydrogen-bond acceptors (Lipinski definition) is 7. The van der Waals surface area contributed by atoms with E-state index < -0.39 is 5.97 Å². The molecule has 1 aromatic carbocycles. The topological polar surface area (TPSA) is 103 Å². The number of morpholine rings is 1. The minimum absolute atomic E-state index is 0.0498. The molecule has 1 saturated heterocycles. The maximum Gasteiger partial charge on any atom is 0.326 e. The number of benzene rings is 1. The Kier molecular flexibility index (Phi) is 7.16. The van der Waals surface area contributed by atoms with Gasteiger partial charge in [-0.1, -0.05) is 31.4 Å². The van der Waals surface area contributed by atoms with E-state index in [0.29, 0.717) is 17.4 Å². The predicted octanol–water partition coefficient (Wildman–Crippen LogP) is 1.09. The van der Waals surface area contributed by atoms with Crippen LogP contribution in [0.3, 0.4) is 0 Å². The smallest absolute Gasteiger partial charge is 0.326 e. The molecular formula is C23H30N4O5. The monoisotopic (exact) mass is 442 g/mol. The number of fused-ring (bicyclic) bond motifs is 1. The van der Waals surface area contributed by atoms with Gasteiger partial charge >= 0.3 is 5.97 Å². The predicted molar refractivity (Wildman–Crippen MR) is 118 cm³/mol. The number of aromatic nitrogens is 2. The van der Waals surface area contributed by atoms with Gasteiger partial charge in [-0.25, -0.2) is 4.98 Å². The second kappa shape index (κ2) is 10.2. The van der Waals surface area contributed by atoms with Crippen molar-refractivity contribution in [3.8, 4) is 0 Å². The van der Waals surface area contributed by atoms with Crippen molar-refractivity contribution in [1.29, 1.82) is 0 Å². The zero-order valence-corrected chi connectivity index (χ0v) is 18.3. The molecule has 2 fully saturated rings. The van der Waals surface area contributed by atoms with Gasteiger partial charge in [0.25, 0.3) is 11.5 Å². The fraction of sp³-hybridized carbons (Fsp3) is 0.565. The van der Waals surface area contributed by atoms with Crippen molar-refractivity contribution < 1.29 is 19.1 Å². The maximum atomic E-state index is 12.5. The van der Waals surface area contributed by atoms with Crippen LogP contribution in [0.5, 0.6) is 0 Å². The van der Waals surface area contributed by atoms with Crippen LogP contribution in [0, 0.1) is 0 Å². The summed E-state index contributed by atoms with van der Waals surface area (Å²) in [6.07, 6.45) is 6.94. The quantitative estimate of drug-likeness (QED) is 0.641. The Labute approximate surface area is 186 Å². The van der Waals surface area contributed by atoms with Crippen LogP contribution in [0.2, 0.25) is 0 Å². The van der Waals surface area contributed by atoms with Gasteiger partial charge in [-0.15, -0.1) is 0 Å². The number of hydrogen-bond donors (Lipinski definition) is 1. The third-order valence-corrected chi connectivity index (χ3v) is 6.48. The van der Waals surface area contributed by atoms with Crippen molar-refractivity contribution >= 4 is 22.8 Å². The molecule has 2 aromatic rings. The molecule has 2 aliphatic rings. The van der Waals surface area contributed by atoms with E-state index in [1.165, 1.54) is 17.3 Å². The van der Waals surface area contributed by atoms with Crippen LogP contribution in [-0.4, -0.2) is 71.3 Å². The molecule has 0 bridgehead atoms. The van der Waals surface area contributed by atoms with Crippen LogP contribution in [0.4, 0.5) is 0 Å². The Hall–Kier alpha value is -2.78. The highest BCUT2D eigenvalue weighted by Gasteiger charge is 2.38. The third kappa shape index (κ3) is 5.16. The lowest BCUT2D eigenvalue weighted by Crippen LogP contribution is -2.59. The van der Waals surface area contributed by atoms with Crippen LogP contribution in [-0.2, 0) is 25.6 Å². The Morgan fingerprint density at radius 1 is 1.12 bits per heavy atom. The second-order valence-electron chi connectivity index (χ2n) is 8.52. The first-order valence-electron chi connectivity index (χ1n) is 11.3. The number of esters is 1. The van der Waals surface area contributed by atoms with Crippen molar-refractivity contribution in [2.24, 2.45) is 0 Å². The fourth-order valence-electron chi connectivity index (χ4n) is 4.72. The van der Waals surface area contributed by atoms with Crippen LogP contribution < -0.4 is 10.9 Å². The molecular weight excluding hydrogens is 412 g/mol. The van der Waals surface area contributed by atoms with Crippen molar-refractivity contribution in [3.63, 3.8) is 0 Å². The summed E-state index contributed by atoms with van der Waals surface area (Å²) in [5.41, 5.74) is 0.200. The number of para-hydroxylation sites is 1. The number of carbonyl (C=O) groups excluding carboxylic acids is 2. The van der Waals surface area contributed by atoms with E-state index in [2.05, 4.69) is 15.2 Å². The van der Waals surface area contributed by atoms with Gasteiger partial charge < -0.3 is 14.8 Å². The first kappa shape index (κ1) is 22.4. The summed E-state index contributed by atoms with van der Waals surface area (Å²) < 4.78 is 11.8. The van der Waals surface area contributed by atoms with Crippen molar-refractivity contribution in [2.45, 2.75) is 44.2 Å². The zero-order valence-electron chi connectivity index (χ0n) is 18.3. The van der Waals surface area contributed by atoms with Gasteiger partial charge in [-0.05, 0) is 25.0 Å². The van der Waals surface area contributed by atoms with Gasteiger partial charge in [0.2, 0.25) is 0 Å². The van der Waals surface area contributed by atoms with Crippen LogP contribution >= 0.6 is 0 Å². The molecule has 32 heavy (non-hydrogen) atoms. The van der Waals surface area contributed by atoms with Crippen LogP contribution in [0.15, 0.2) is 35.4 Å². The molecule has 1 aliphatic carbocycles. The van der Waals surface area contributed by atoms with Crippen LogP contribution in [0.25, 0.3) is 10.9 Å². The maximum absolute atomic E-state index is 12.5. The van der Waals surface area contributed by atoms with Gasteiger partial charge in [0, 0.05) is 25.2 Å². The molecule has 1 saturated carbocycles. The average molecular weight is 443 g/mol. The molecule has 0 radical (unpaired) electrons. The lowest BCUT2D eigenvalue weighted by atomic mass is 9.79. The number of rotatable bonds is 7. The normalized spacial score (nSPS) is 18.9. The van der Waals surface area contributed by atoms with Crippen molar-refractivity contribution in [2.75, 3.05) is 39.5 Å². The number of nitrogens with one attached hydrogen (secondary N) is 1. The van der Waals surface area contributed by atoms with Crippen molar-refractivity contribution in [1.82, 2.24) is 19.8 Å². The highest BCUT2D eigenvalue weighted by Crippen LogP contribution is 2.33. The Morgan fingerprint density at radius 3 is 2.66 bits per heavy atom. The van der Waals surface area contributed by atoms with E-state index in [1.54, 1.807) is 24.3 Å². The van der Waals surface area contributed by atoms with Gasteiger partial charge in [0.15, 0.2) is 6.61 Å². The zero-order chi connectivity index (χ0) is 22.4.